The molecule has 0 aliphatic carbocycles. The summed E-state index contributed by atoms with van der Waals surface area (Å²) in [7, 11) is 3.24. The van der Waals surface area contributed by atoms with Crippen LogP contribution >= 0.6 is 0 Å². The maximum atomic E-state index is 12.7. The summed E-state index contributed by atoms with van der Waals surface area (Å²) in [4.78, 5) is 18.0. The third kappa shape index (κ3) is 5.57. The van der Waals surface area contributed by atoms with Gasteiger partial charge in [0.05, 0.1) is 25.8 Å². The van der Waals surface area contributed by atoms with Gasteiger partial charge in [0, 0.05) is 17.3 Å². The molecule has 7 nitrogen and oxygen atoms in total. The number of hydrogen-bond donors (Lipinski definition) is 1. The third-order valence-electron chi connectivity index (χ3n) is 4.11. The first-order valence-corrected chi connectivity index (χ1v) is 8.87. The molecule has 158 valence electrons. The van der Waals surface area contributed by atoms with Crippen molar-refractivity contribution in [1.29, 1.82) is 0 Å². The molecule has 0 atom stereocenters. The number of carbonyl (C=O) groups is 1. The van der Waals surface area contributed by atoms with Gasteiger partial charge in [0.1, 0.15) is 5.75 Å². The molecule has 0 aliphatic heterocycles. The molecule has 1 amide bonds. The summed E-state index contributed by atoms with van der Waals surface area (Å²) in [5, 5.41) is 6.55. The Morgan fingerprint density at radius 2 is 1.93 bits per heavy atom. The van der Waals surface area contributed by atoms with Crippen LogP contribution in [0.2, 0.25) is 0 Å². The summed E-state index contributed by atoms with van der Waals surface area (Å²) >= 11 is 0. The fraction of sp³-hybridized carbons (Fsp3) is 0.250. The predicted molar refractivity (Wildman–Crippen MR) is 103 cm³/mol. The molecule has 1 N–H and O–H groups in total. The zero-order valence-corrected chi connectivity index (χ0v) is 16.2. The second-order valence-corrected chi connectivity index (χ2v) is 6.54. The monoisotopic (exact) mass is 420 g/mol. The first-order valence-electron chi connectivity index (χ1n) is 8.87. The normalized spacial score (nSPS) is 11.5. The molecule has 0 saturated heterocycles. The van der Waals surface area contributed by atoms with Gasteiger partial charge in [-0.25, -0.2) is 0 Å². The molecular formula is C20H19F3N4O3. The van der Waals surface area contributed by atoms with E-state index in [1.165, 1.54) is 19.2 Å². The molecular weight excluding hydrogens is 401 g/mol. The molecule has 0 radical (unpaired) electrons. The van der Waals surface area contributed by atoms with Crippen molar-refractivity contribution in [2.45, 2.75) is 12.7 Å². The molecule has 0 spiro atoms. The number of hydrogen-bond acceptors (Lipinski definition) is 6. The second-order valence-electron chi connectivity index (χ2n) is 6.54. The number of nitrogens with one attached hydrogen (secondary N) is 1. The topological polar surface area (TPSA) is 80.5 Å². The fourth-order valence-electron chi connectivity index (χ4n) is 2.68. The van der Waals surface area contributed by atoms with Crippen LogP contribution in [0.4, 0.5) is 18.9 Å². The maximum Gasteiger partial charge on any atom is 0.416 e. The molecule has 10 heteroatoms. The first-order chi connectivity index (χ1) is 14.2. The largest absolute Gasteiger partial charge is 0.497 e. The number of rotatable bonds is 7. The van der Waals surface area contributed by atoms with E-state index in [1.807, 2.05) is 0 Å². The highest BCUT2D eigenvalue weighted by Gasteiger charge is 2.30. The molecule has 0 fully saturated rings. The van der Waals surface area contributed by atoms with Crippen molar-refractivity contribution in [3.63, 3.8) is 0 Å². The smallest absolute Gasteiger partial charge is 0.416 e. The van der Waals surface area contributed by atoms with Crippen molar-refractivity contribution in [2.24, 2.45) is 0 Å². The second kappa shape index (κ2) is 8.95. The summed E-state index contributed by atoms with van der Waals surface area (Å²) in [6, 6.07) is 11.5. The molecule has 0 aliphatic rings. The van der Waals surface area contributed by atoms with Gasteiger partial charge in [0.15, 0.2) is 0 Å². The highest BCUT2D eigenvalue weighted by Crippen LogP contribution is 2.30. The Kier molecular flexibility index (Phi) is 6.36. The number of benzene rings is 2. The van der Waals surface area contributed by atoms with Gasteiger partial charge < -0.3 is 14.6 Å². The van der Waals surface area contributed by atoms with E-state index in [2.05, 4.69) is 15.5 Å². The lowest BCUT2D eigenvalue weighted by Crippen LogP contribution is -2.29. The molecule has 0 unspecified atom stereocenters. The number of aromatic nitrogens is 2. The molecule has 1 heterocycles. The van der Waals surface area contributed by atoms with E-state index in [1.54, 1.807) is 36.2 Å². The number of alkyl halides is 3. The lowest BCUT2D eigenvalue weighted by Gasteiger charge is -2.14. The van der Waals surface area contributed by atoms with Crippen LogP contribution in [0.5, 0.6) is 5.75 Å². The van der Waals surface area contributed by atoms with E-state index in [0.717, 1.165) is 12.1 Å². The average molecular weight is 420 g/mol. The lowest BCUT2D eigenvalue weighted by molar-refractivity contribution is -0.137. The minimum absolute atomic E-state index is 0.0647. The number of nitrogens with zero attached hydrogens (tertiary/aromatic N) is 3. The number of anilines is 1. The Bertz CT molecular complexity index is 1000. The van der Waals surface area contributed by atoms with Gasteiger partial charge in [-0.05, 0) is 31.3 Å². The van der Waals surface area contributed by atoms with Crippen LogP contribution in [-0.4, -0.2) is 41.6 Å². The summed E-state index contributed by atoms with van der Waals surface area (Å²) in [6.45, 7) is 0.258. The van der Waals surface area contributed by atoms with Crippen LogP contribution in [0, 0.1) is 0 Å². The SMILES string of the molecule is COc1cccc(NC(=O)CN(C)Cc2nc(-c3ccc(C(F)(F)F)cc3)no2)c1. The Hall–Kier alpha value is -3.40. The van der Waals surface area contributed by atoms with Gasteiger partial charge in [0.25, 0.3) is 0 Å². The molecule has 0 bridgehead atoms. The van der Waals surface area contributed by atoms with Crippen molar-refractivity contribution in [1.82, 2.24) is 15.0 Å². The Morgan fingerprint density at radius 1 is 1.20 bits per heavy atom. The van der Waals surface area contributed by atoms with Gasteiger partial charge in [-0.1, -0.05) is 23.4 Å². The molecule has 0 saturated carbocycles. The highest BCUT2D eigenvalue weighted by atomic mass is 19.4. The van der Waals surface area contributed by atoms with Crippen molar-refractivity contribution in [2.75, 3.05) is 26.0 Å². The lowest BCUT2D eigenvalue weighted by atomic mass is 10.1. The van der Waals surface area contributed by atoms with Crippen LogP contribution in [0.15, 0.2) is 53.1 Å². The number of ether oxygens (including phenoxy) is 1. The average Bonchev–Trinajstić information content (AvgIpc) is 3.15. The summed E-state index contributed by atoms with van der Waals surface area (Å²) < 4.78 is 48.2. The number of likely N-dealkylation sites (N-methyl/N-ethyl adjacent to an activating group) is 1. The van der Waals surface area contributed by atoms with E-state index in [0.29, 0.717) is 17.0 Å². The van der Waals surface area contributed by atoms with Gasteiger partial charge >= 0.3 is 6.18 Å². The highest BCUT2D eigenvalue weighted by molar-refractivity contribution is 5.92. The third-order valence-corrected chi connectivity index (χ3v) is 4.11. The summed E-state index contributed by atoms with van der Waals surface area (Å²) in [5.74, 6) is 0.797. The van der Waals surface area contributed by atoms with Crippen molar-refractivity contribution in [3.05, 3.63) is 60.0 Å². The maximum absolute atomic E-state index is 12.7. The van der Waals surface area contributed by atoms with Crippen LogP contribution in [-0.2, 0) is 17.5 Å². The van der Waals surface area contributed by atoms with Crippen molar-refractivity contribution >= 4 is 11.6 Å². The number of halogens is 3. The van der Waals surface area contributed by atoms with Crippen molar-refractivity contribution < 1.29 is 27.2 Å². The Morgan fingerprint density at radius 3 is 2.60 bits per heavy atom. The van der Waals surface area contributed by atoms with E-state index in [9.17, 15) is 18.0 Å². The molecule has 2 aromatic carbocycles. The number of carbonyl (C=O) groups excluding carboxylic acids is 1. The van der Waals surface area contributed by atoms with Crippen LogP contribution in [0.1, 0.15) is 11.5 Å². The Labute approximate surface area is 170 Å². The van der Waals surface area contributed by atoms with Crippen molar-refractivity contribution in [3.8, 4) is 17.1 Å². The van der Waals surface area contributed by atoms with E-state index in [-0.39, 0.29) is 30.7 Å². The zero-order valence-electron chi connectivity index (χ0n) is 16.2. The zero-order chi connectivity index (χ0) is 21.7. The Balaban J connectivity index is 1.56. The molecule has 3 rings (SSSR count). The minimum Gasteiger partial charge on any atom is -0.497 e. The molecule has 30 heavy (non-hydrogen) atoms. The van der Waals surface area contributed by atoms with Gasteiger partial charge in [0.2, 0.25) is 17.6 Å². The standard InChI is InChI=1S/C20H19F3N4O3/c1-27(11-17(28)24-15-4-3-5-16(10-15)29-2)12-18-25-19(26-30-18)13-6-8-14(9-7-13)20(21,22)23/h3-10H,11-12H2,1-2H3,(H,24,28). The first kappa shape index (κ1) is 21.3. The number of methoxy groups -OCH3 is 1. The van der Waals surface area contributed by atoms with E-state index >= 15 is 0 Å². The molecule has 1 aromatic heterocycles. The van der Waals surface area contributed by atoms with Crippen LogP contribution in [0.25, 0.3) is 11.4 Å². The van der Waals surface area contributed by atoms with Gasteiger partial charge in [-0.3, -0.25) is 9.69 Å². The minimum atomic E-state index is -4.41. The number of amides is 1. The van der Waals surface area contributed by atoms with Gasteiger partial charge in [-0.2, -0.15) is 18.2 Å². The summed E-state index contributed by atoms with van der Waals surface area (Å²) in [6.07, 6.45) is -4.41. The van der Waals surface area contributed by atoms with Crippen LogP contribution in [0.3, 0.4) is 0 Å². The predicted octanol–water partition coefficient (Wildman–Crippen LogP) is 3.83. The quantitative estimate of drug-likeness (QED) is 0.626. The van der Waals surface area contributed by atoms with E-state index < -0.39 is 11.7 Å². The van der Waals surface area contributed by atoms with Crippen LogP contribution < -0.4 is 10.1 Å². The van der Waals surface area contributed by atoms with Gasteiger partial charge in [-0.15, -0.1) is 0 Å². The summed E-state index contributed by atoms with van der Waals surface area (Å²) in [5.41, 5.74) is 0.253. The van der Waals surface area contributed by atoms with E-state index in [4.69, 9.17) is 9.26 Å². The molecule has 3 aromatic rings. The fourth-order valence-corrected chi connectivity index (χ4v) is 2.68.